The molecule has 2 rings (SSSR count). The van der Waals surface area contributed by atoms with Gasteiger partial charge in [-0.25, -0.2) is 0 Å². The summed E-state index contributed by atoms with van der Waals surface area (Å²) in [5.74, 6) is 0.868. The third-order valence-electron chi connectivity index (χ3n) is 2.61. The van der Waals surface area contributed by atoms with E-state index in [1.54, 1.807) is 0 Å². The number of benzene rings is 1. The fourth-order valence-corrected chi connectivity index (χ4v) is 2.19. The minimum Gasteiger partial charge on any atom is -0.297 e. The summed E-state index contributed by atoms with van der Waals surface area (Å²) in [6, 6.07) is 7.70. The van der Waals surface area contributed by atoms with E-state index in [2.05, 4.69) is 31.0 Å². The first-order chi connectivity index (χ1) is 8.38. The van der Waals surface area contributed by atoms with Crippen LogP contribution in [-0.4, -0.2) is 14.8 Å². The van der Waals surface area contributed by atoms with Gasteiger partial charge >= 0.3 is 0 Å². The second kappa shape index (κ2) is 4.90. The molecule has 1 aromatic carbocycles. The number of hydrogen-bond donors (Lipinski definition) is 0. The van der Waals surface area contributed by atoms with Crippen molar-refractivity contribution in [2.45, 2.75) is 32.7 Å². The highest BCUT2D eigenvalue weighted by molar-refractivity contribution is 6.30. The summed E-state index contributed by atoms with van der Waals surface area (Å²) in [7, 11) is 0. The van der Waals surface area contributed by atoms with Crippen molar-refractivity contribution in [2.75, 3.05) is 0 Å². The zero-order valence-electron chi connectivity index (χ0n) is 10.6. The molecule has 0 bridgehead atoms. The van der Waals surface area contributed by atoms with E-state index in [4.69, 9.17) is 23.2 Å². The van der Waals surface area contributed by atoms with E-state index < -0.39 is 0 Å². The normalized spacial score (nSPS) is 11.8. The van der Waals surface area contributed by atoms with E-state index in [1.807, 2.05) is 28.8 Å². The molecule has 0 N–H and O–H groups in total. The quantitative estimate of drug-likeness (QED) is 0.836. The second-order valence-corrected chi connectivity index (χ2v) is 6.03. The lowest BCUT2D eigenvalue weighted by Crippen LogP contribution is -2.19. The van der Waals surface area contributed by atoms with Gasteiger partial charge in [-0.15, -0.1) is 10.2 Å². The van der Waals surface area contributed by atoms with Gasteiger partial charge in [0.2, 0.25) is 5.28 Å². The molecular weight excluding hydrogens is 269 g/mol. The van der Waals surface area contributed by atoms with Crippen LogP contribution in [0, 0.1) is 0 Å². The topological polar surface area (TPSA) is 30.7 Å². The molecule has 0 fully saturated rings. The molecule has 0 aliphatic heterocycles. The third-order valence-corrected chi connectivity index (χ3v) is 3.12. The zero-order valence-corrected chi connectivity index (χ0v) is 12.1. The highest BCUT2D eigenvalue weighted by Crippen LogP contribution is 2.24. The van der Waals surface area contributed by atoms with Crippen LogP contribution in [0.4, 0.5) is 0 Å². The number of hydrogen-bond acceptors (Lipinski definition) is 2. The fourth-order valence-electron chi connectivity index (χ4n) is 1.80. The lowest BCUT2D eigenvalue weighted by atomic mass is 9.95. The third kappa shape index (κ3) is 2.85. The van der Waals surface area contributed by atoms with Gasteiger partial charge in [0.15, 0.2) is 0 Å². The van der Waals surface area contributed by atoms with Crippen LogP contribution in [0.2, 0.25) is 10.3 Å². The molecule has 0 spiro atoms. The van der Waals surface area contributed by atoms with Gasteiger partial charge in [-0.3, -0.25) is 4.57 Å². The number of nitrogens with zero attached hydrogens (tertiary/aromatic N) is 3. The van der Waals surface area contributed by atoms with Crippen molar-refractivity contribution in [3.05, 3.63) is 46.0 Å². The van der Waals surface area contributed by atoms with Crippen molar-refractivity contribution in [3.8, 4) is 0 Å². The van der Waals surface area contributed by atoms with Crippen LogP contribution >= 0.6 is 23.2 Å². The SMILES string of the molecule is CC(C)(C)c1nnc(Cl)n1Cc1cccc(Cl)c1. The Morgan fingerprint density at radius 2 is 1.89 bits per heavy atom. The molecule has 0 saturated heterocycles. The van der Waals surface area contributed by atoms with Crippen LogP contribution in [0.3, 0.4) is 0 Å². The van der Waals surface area contributed by atoms with E-state index in [1.165, 1.54) is 0 Å². The van der Waals surface area contributed by atoms with Crippen LogP contribution in [0.5, 0.6) is 0 Å². The summed E-state index contributed by atoms with van der Waals surface area (Å²) in [5.41, 5.74) is 0.980. The molecule has 1 heterocycles. The highest BCUT2D eigenvalue weighted by Gasteiger charge is 2.23. The average molecular weight is 284 g/mol. The molecule has 0 saturated carbocycles. The Hall–Kier alpha value is -1.06. The molecule has 96 valence electrons. The Morgan fingerprint density at radius 1 is 1.17 bits per heavy atom. The lowest BCUT2D eigenvalue weighted by molar-refractivity contribution is 0.510. The van der Waals surface area contributed by atoms with Crippen molar-refractivity contribution >= 4 is 23.2 Å². The first-order valence-electron chi connectivity index (χ1n) is 5.71. The van der Waals surface area contributed by atoms with Crippen molar-refractivity contribution in [1.82, 2.24) is 14.8 Å². The van der Waals surface area contributed by atoms with E-state index in [0.717, 1.165) is 11.4 Å². The number of aromatic nitrogens is 3. The van der Waals surface area contributed by atoms with E-state index in [-0.39, 0.29) is 5.41 Å². The fraction of sp³-hybridized carbons (Fsp3) is 0.385. The summed E-state index contributed by atoms with van der Waals surface area (Å²) < 4.78 is 1.91. The Bertz CT molecular complexity index is 556. The smallest absolute Gasteiger partial charge is 0.225 e. The molecule has 2 aromatic rings. The highest BCUT2D eigenvalue weighted by atomic mass is 35.5. The van der Waals surface area contributed by atoms with Crippen LogP contribution in [-0.2, 0) is 12.0 Å². The molecule has 0 aliphatic carbocycles. The molecule has 0 atom stereocenters. The van der Waals surface area contributed by atoms with Crippen LogP contribution < -0.4 is 0 Å². The van der Waals surface area contributed by atoms with Gasteiger partial charge in [-0.2, -0.15) is 0 Å². The molecule has 0 aliphatic rings. The van der Waals surface area contributed by atoms with Gasteiger partial charge in [0.1, 0.15) is 5.82 Å². The summed E-state index contributed by atoms with van der Waals surface area (Å²) in [4.78, 5) is 0. The van der Waals surface area contributed by atoms with Gasteiger partial charge in [-0.1, -0.05) is 44.5 Å². The molecule has 0 unspecified atom stereocenters. The summed E-state index contributed by atoms with van der Waals surface area (Å²) in [5, 5.41) is 9.22. The average Bonchev–Trinajstić information content (AvgIpc) is 2.60. The molecule has 18 heavy (non-hydrogen) atoms. The standard InChI is InChI=1S/C13H15Cl2N3/c1-13(2,3)11-16-17-12(15)18(11)8-9-5-4-6-10(14)7-9/h4-7H,8H2,1-3H3. The van der Waals surface area contributed by atoms with Crippen molar-refractivity contribution in [1.29, 1.82) is 0 Å². The maximum absolute atomic E-state index is 6.10. The Morgan fingerprint density at radius 3 is 2.50 bits per heavy atom. The Balaban J connectivity index is 2.37. The molecule has 0 amide bonds. The Kier molecular flexibility index (Phi) is 3.64. The largest absolute Gasteiger partial charge is 0.297 e. The molecule has 1 aromatic heterocycles. The van der Waals surface area contributed by atoms with E-state index in [0.29, 0.717) is 16.9 Å². The predicted octanol–water partition coefficient (Wildman–Crippen LogP) is 3.93. The maximum Gasteiger partial charge on any atom is 0.225 e. The summed E-state index contributed by atoms with van der Waals surface area (Å²) in [6.45, 7) is 6.88. The van der Waals surface area contributed by atoms with Crippen molar-refractivity contribution in [2.24, 2.45) is 0 Å². The first kappa shape index (κ1) is 13.4. The summed E-state index contributed by atoms with van der Waals surface area (Å²) in [6.07, 6.45) is 0. The van der Waals surface area contributed by atoms with Crippen molar-refractivity contribution in [3.63, 3.8) is 0 Å². The minimum absolute atomic E-state index is 0.0985. The lowest BCUT2D eigenvalue weighted by Gasteiger charge is -2.19. The van der Waals surface area contributed by atoms with E-state index in [9.17, 15) is 0 Å². The monoisotopic (exact) mass is 283 g/mol. The summed E-state index contributed by atoms with van der Waals surface area (Å²) >= 11 is 12.1. The van der Waals surface area contributed by atoms with Gasteiger partial charge in [0.25, 0.3) is 0 Å². The van der Waals surface area contributed by atoms with Crippen LogP contribution in [0.15, 0.2) is 24.3 Å². The van der Waals surface area contributed by atoms with Gasteiger partial charge in [0, 0.05) is 10.4 Å². The Labute approximate surface area is 117 Å². The van der Waals surface area contributed by atoms with E-state index >= 15 is 0 Å². The second-order valence-electron chi connectivity index (χ2n) is 5.26. The van der Waals surface area contributed by atoms with Gasteiger partial charge in [0.05, 0.1) is 6.54 Å². The number of rotatable bonds is 2. The molecule has 3 nitrogen and oxygen atoms in total. The number of halogens is 2. The zero-order chi connectivity index (χ0) is 13.3. The molecule has 5 heteroatoms. The van der Waals surface area contributed by atoms with Gasteiger partial charge in [-0.05, 0) is 29.3 Å². The van der Waals surface area contributed by atoms with Crippen LogP contribution in [0.25, 0.3) is 0 Å². The minimum atomic E-state index is -0.0985. The maximum atomic E-state index is 6.10. The van der Waals surface area contributed by atoms with Crippen LogP contribution in [0.1, 0.15) is 32.2 Å². The molecular formula is C13H15Cl2N3. The predicted molar refractivity (Wildman–Crippen MR) is 74.3 cm³/mol. The molecule has 0 radical (unpaired) electrons. The first-order valence-corrected chi connectivity index (χ1v) is 6.47. The van der Waals surface area contributed by atoms with Crippen molar-refractivity contribution < 1.29 is 0 Å². The van der Waals surface area contributed by atoms with Gasteiger partial charge < -0.3 is 0 Å².